The van der Waals surface area contributed by atoms with Crippen LogP contribution in [-0.4, -0.2) is 60.5 Å². The molecule has 2 aromatic carbocycles. The van der Waals surface area contributed by atoms with Gasteiger partial charge >= 0.3 is 17.8 Å². The summed E-state index contributed by atoms with van der Waals surface area (Å²) in [5.41, 5.74) is 2.00. The van der Waals surface area contributed by atoms with Crippen molar-refractivity contribution >= 4 is 23.5 Å². The van der Waals surface area contributed by atoms with Gasteiger partial charge in [-0.1, -0.05) is 48.5 Å². The largest absolute Gasteiger partial charge is 0.360 e. The van der Waals surface area contributed by atoms with Crippen molar-refractivity contribution in [1.82, 2.24) is 9.80 Å². The second kappa shape index (κ2) is 7.82. The lowest BCUT2D eigenvalue weighted by molar-refractivity contribution is -0.907. The van der Waals surface area contributed by atoms with Crippen LogP contribution in [0.25, 0.3) is 0 Å². The number of carbonyl (C=O) groups excluding carboxylic acids is 3. The molecule has 2 fully saturated rings. The number of urea groups is 1. The minimum atomic E-state index is -0.740. The van der Waals surface area contributed by atoms with Gasteiger partial charge in [-0.15, -0.1) is 0 Å². The Morgan fingerprint density at radius 3 is 1.96 bits per heavy atom. The maximum Gasteiger partial charge on any atom is 0.339 e. The summed E-state index contributed by atoms with van der Waals surface area (Å²) in [6.07, 6.45) is 0. The average Bonchev–Trinajstić information content (AvgIpc) is 2.94. The Bertz CT molecular complexity index is 864. The fourth-order valence-electron chi connectivity index (χ4n) is 3.70. The van der Waals surface area contributed by atoms with E-state index >= 15 is 0 Å². The number of para-hydroxylation sites is 1. The highest BCUT2D eigenvalue weighted by molar-refractivity contribution is 6.44. The van der Waals surface area contributed by atoms with Crippen LogP contribution < -0.4 is 9.80 Å². The van der Waals surface area contributed by atoms with E-state index < -0.39 is 17.8 Å². The van der Waals surface area contributed by atoms with E-state index in [1.165, 1.54) is 5.69 Å². The summed E-state index contributed by atoms with van der Waals surface area (Å²) in [7, 11) is 0. The number of carbonyl (C=O) groups is 3. The van der Waals surface area contributed by atoms with E-state index in [-0.39, 0.29) is 13.2 Å². The van der Waals surface area contributed by atoms with Crippen LogP contribution in [0.1, 0.15) is 5.56 Å². The second-order valence-electron chi connectivity index (χ2n) is 7.12. The van der Waals surface area contributed by atoms with E-state index in [0.29, 0.717) is 0 Å². The highest BCUT2D eigenvalue weighted by Crippen LogP contribution is 2.15. The molecule has 0 radical (unpaired) electrons. The summed E-state index contributed by atoms with van der Waals surface area (Å²) < 4.78 is 0. The number of nitrogens with one attached hydrogen (secondary N) is 1. The number of imide groups is 2. The second-order valence-corrected chi connectivity index (χ2v) is 7.12. The quantitative estimate of drug-likeness (QED) is 0.601. The van der Waals surface area contributed by atoms with Crippen LogP contribution in [0, 0.1) is 0 Å². The molecular weight excluding hydrogens is 356 g/mol. The predicted octanol–water partition coefficient (Wildman–Crippen LogP) is 0.340. The number of rotatable bonds is 5. The fourth-order valence-corrected chi connectivity index (χ4v) is 3.70. The highest BCUT2D eigenvalue weighted by atomic mass is 16.2. The molecule has 1 N–H and O–H groups in total. The minimum absolute atomic E-state index is 0.123. The van der Waals surface area contributed by atoms with Crippen LogP contribution in [0.2, 0.25) is 0 Å². The number of quaternary nitrogens is 1. The molecule has 0 atom stereocenters. The number of nitrogens with zero attached hydrogens (tertiary/aromatic N) is 3. The lowest BCUT2D eigenvalue weighted by Gasteiger charge is -2.34. The number of benzene rings is 2. The van der Waals surface area contributed by atoms with Gasteiger partial charge in [0.1, 0.15) is 0 Å². The standard InChI is InChI=1S/C21H22N4O3/c26-19-20(27)25(21(28)24(19)15-17-7-3-1-4-8-17)16-22-11-13-23(14-12-22)18-9-5-2-6-10-18/h1-10H,11-16H2/p+1. The van der Waals surface area contributed by atoms with Gasteiger partial charge in [0.2, 0.25) is 0 Å². The Kier molecular flexibility index (Phi) is 5.08. The molecule has 0 aliphatic carbocycles. The first kappa shape index (κ1) is 18.2. The van der Waals surface area contributed by atoms with Crippen LogP contribution in [0.15, 0.2) is 60.7 Å². The molecule has 7 heteroatoms. The Labute approximate surface area is 163 Å². The zero-order valence-corrected chi connectivity index (χ0v) is 15.6. The van der Waals surface area contributed by atoms with E-state index in [1.807, 2.05) is 48.5 Å². The maximum absolute atomic E-state index is 12.7. The van der Waals surface area contributed by atoms with Crippen LogP contribution in [0.3, 0.4) is 0 Å². The van der Waals surface area contributed by atoms with Crippen molar-refractivity contribution in [1.29, 1.82) is 0 Å². The first-order valence-electron chi connectivity index (χ1n) is 9.48. The number of piperazine rings is 1. The molecule has 0 bridgehead atoms. The van der Waals surface area contributed by atoms with Crippen LogP contribution >= 0.6 is 0 Å². The maximum atomic E-state index is 12.7. The molecule has 0 saturated carbocycles. The van der Waals surface area contributed by atoms with Crippen molar-refractivity contribution in [2.24, 2.45) is 0 Å². The smallest absolute Gasteiger partial charge is 0.339 e. The van der Waals surface area contributed by atoms with Gasteiger partial charge in [0.25, 0.3) is 0 Å². The normalized spacial score (nSPS) is 18.3. The van der Waals surface area contributed by atoms with Crippen LogP contribution in [0.4, 0.5) is 10.5 Å². The Balaban J connectivity index is 1.37. The molecule has 2 saturated heterocycles. The van der Waals surface area contributed by atoms with Gasteiger partial charge in [-0.25, -0.2) is 9.69 Å². The van der Waals surface area contributed by atoms with Crippen LogP contribution in [0.5, 0.6) is 0 Å². The molecule has 28 heavy (non-hydrogen) atoms. The Hall–Kier alpha value is -3.19. The molecule has 0 unspecified atom stereocenters. The molecule has 2 heterocycles. The highest BCUT2D eigenvalue weighted by Gasteiger charge is 2.46. The van der Waals surface area contributed by atoms with Gasteiger partial charge in [-0.2, -0.15) is 0 Å². The van der Waals surface area contributed by atoms with E-state index in [9.17, 15) is 14.4 Å². The minimum Gasteiger partial charge on any atom is -0.360 e. The predicted molar refractivity (Wildman–Crippen MR) is 103 cm³/mol. The third kappa shape index (κ3) is 3.61. The van der Waals surface area contributed by atoms with Crippen molar-refractivity contribution in [2.45, 2.75) is 6.54 Å². The molecular formula is C21H23N4O3+. The summed E-state index contributed by atoms with van der Waals surface area (Å²) in [6.45, 7) is 3.65. The zero-order valence-electron chi connectivity index (χ0n) is 15.6. The Morgan fingerprint density at radius 1 is 0.750 bits per heavy atom. The lowest BCUT2D eigenvalue weighted by atomic mass is 10.2. The van der Waals surface area contributed by atoms with E-state index in [2.05, 4.69) is 17.0 Å². The third-order valence-electron chi connectivity index (χ3n) is 5.29. The van der Waals surface area contributed by atoms with E-state index in [1.54, 1.807) is 0 Å². The molecule has 4 rings (SSSR count). The van der Waals surface area contributed by atoms with Crippen molar-refractivity contribution in [2.75, 3.05) is 37.7 Å². The molecule has 2 aliphatic heterocycles. The number of hydrogen-bond donors (Lipinski definition) is 1. The third-order valence-corrected chi connectivity index (χ3v) is 5.29. The molecule has 0 aromatic heterocycles. The van der Waals surface area contributed by atoms with Gasteiger partial charge in [-0.05, 0) is 17.7 Å². The van der Waals surface area contributed by atoms with Crippen LogP contribution in [-0.2, 0) is 16.1 Å². The molecule has 2 aromatic rings. The Morgan fingerprint density at radius 2 is 1.32 bits per heavy atom. The topological polar surface area (TPSA) is 65.4 Å². The summed E-state index contributed by atoms with van der Waals surface area (Å²) in [4.78, 5) is 42.9. The van der Waals surface area contributed by atoms with Gasteiger partial charge in [0, 0.05) is 5.69 Å². The van der Waals surface area contributed by atoms with Crippen molar-refractivity contribution in [3.8, 4) is 0 Å². The van der Waals surface area contributed by atoms with Gasteiger partial charge in [-0.3, -0.25) is 14.5 Å². The van der Waals surface area contributed by atoms with Gasteiger partial charge in [0.05, 0.1) is 32.7 Å². The fraction of sp³-hybridized carbons (Fsp3) is 0.286. The van der Waals surface area contributed by atoms with Crippen molar-refractivity contribution < 1.29 is 19.3 Å². The zero-order chi connectivity index (χ0) is 19.5. The molecule has 0 spiro atoms. The summed E-state index contributed by atoms with van der Waals surface area (Å²) >= 11 is 0. The van der Waals surface area contributed by atoms with E-state index in [0.717, 1.165) is 46.4 Å². The molecule has 4 amide bonds. The van der Waals surface area contributed by atoms with E-state index in [4.69, 9.17) is 0 Å². The first-order chi connectivity index (χ1) is 13.6. The summed E-state index contributed by atoms with van der Waals surface area (Å²) in [6, 6.07) is 18.9. The van der Waals surface area contributed by atoms with Crippen molar-refractivity contribution in [3.63, 3.8) is 0 Å². The SMILES string of the molecule is O=C1C(=O)N(C[NH+]2CCN(c3ccccc3)CC2)C(=O)N1Cc1ccccc1. The van der Waals surface area contributed by atoms with Gasteiger partial charge in [0.15, 0.2) is 6.67 Å². The number of hydrogen-bond acceptors (Lipinski definition) is 4. The summed E-state index contributed by atoms with van der Waals surface area (Å²) in [5, 5.41) is 0. The van der Waals surface area contributed by atoms with Gasteiger partial charge < -0.3 is 9.80 Å². The summed E-state index contributed by atoms with van der Waals surface area (Å²) in [5.74, 6) is -1.46. The molecule has 7 nitrogen and oxygen atoms in total. The molecule has 144 valence electrons. The number of anilines is 1. The average molecular weight is 379 g/mol. The first-order valence-corrected chi connectivity index (χ1v) is 9.48. The lowest BCUT2D eigenvalue weighted by Crippen LogP contribution is -3.16. The molecule has 2 aliphatic rings. The monoisotopic (exact) mass is 379 g/mol. The number of amides is 4. The van der Waals surface area contributed by atoms with Crippen molar-refractivity contribution in [3.05, 3.63) is 66.2 Å².